The average Bonchev–Trinajstić information content (AvgIpc) is 3.26. The number of fused-ring (bicyclic) bond motifs is 1. The van der Waals surface area contributed by atoms with Gasteiger partial charge < -0.3 is 14.8 Å². The van der Waals surface area contributed by atoms with Gasteiger partial charge in [0.05, 0.1) is 0 Å². The molecule has 2 amide bonds. The molecule has 2 aromatic rings. The minimum atomic E-state index is 0.0150. The van der Waals surface area contributed by atoms with Crippen molar-refractivity contribution < 1.29 is 4.79 Å². The molecule has 23 heavy (non-hydrogen) atoms. The Labute approximate surface area is 136 Å². The van der Waals surface area contributed by atoms with Crippen LogP contribution >= 0.6 is 0 Å². The molecule has 3 heterocycles. The zero-order chi connectivity index (χ0) is 15.6. The lowest BCUT2D eigenvalue weighted by atomic mass is 10.1. The first-order valence-electron chi connectivity index (χ1n) is 8.33. The molecular weight excluding hydrogens is 288 g/mol. The van der Waals surface area contributed by atoms with Gasteiger partial charge in [0.2, 0.25) is 0 Å². The van der Waals surface area contributed by atoms with Crippen molar-refractivity contribution in [2.45, 2.75) is 18.9 Å². The van der Waals surface area contributed by atoms with E-state index in [1.54, 1.807) is 0 Å². The molecule has 2 fully saturated rings. The van der Waals surface area contributed by atoms with Crippen LogP contribution in [-0.4, -0.2) is 52.6 Å². The van der Waals surface area contributed by atoms with Gasteiger partial charge in [0, 0.05) is 49.4 Å². The summed E-state index contributed by atoms with van der Waals surface area (Å²) in [6, 6.07) is 12.5. The second kappa shape index (κ2) is 6.08. The van der Waals surface area contributed by atoms with Crippen molar-refractivity contribution in [1.82, 2.24) is 14.4 Å². The predicted molar refractivity (Wildman–Crippen MR) is 91.0 cm³/mol. The van der Waals surface area contributed by atoms with Gasteiger partial charge in [-0.05, 0) is 49.7 Å². The minimum Gasteiger partial charge on any atom is -0.324 e. The summed E-state index contributed by atoms with van der Waals surface area (Å²) in [4.78, 5) is 17.0. The molecule has 0 radical (unpaired) electrons. The second-order valence-corrected chi connectivity index (χ2v) is 6.35. The maximum absolute atomic E-state index is 12.5. The van der Waals surface area contributed by atoms with Gasteiger partial charge in [0.25, 0.3) is 0 Å². The third-order valence-electron chi connectivity index (χ3n) is 4.87. The first-order chi connectivity index (χ1) is 11.3. The van der Waals surface area contributed by atoms with E-state index >= 15 is 0 Å². The van der Waals surface area contributed by atoms with E-state index in [2.05, 4.69) is 10.2 Å². The van der Waals surface area contributed by atoms with Crippen molar-refractivity contribution in [3.63, 3.8) is 0 Å². The smallest absolute Gasteiger partial charge is 0.321 e. The maximum Gasteiger partial charge on any atom is 0.321 e. The number of nitrogens with zero attached hydrogens (tertiary/aromatic N) is 3. The number of carbonyl (C=O) groups is 1. The van der Waals surface area contributed by atoms with E-state index in [4.69, 9.17) is 0 Å². The molecule has 0 saturated carbocycles. The van der Waals surface area contributed by atoms with Crippen LogP contribution in [0.4, 0.5) is 10.5 Å². The molecule has 2 aliphatic heterocycles. The number of hydrogen-bond acceptors (Lipinski definition) is 2. The number of carbonyl (C=O) groups excluding carboxylic acids is 1. The van der Waals surface area contributed by atoms with E-state index in [-0.39, 0.29) is 6.03 Å². The molecule has 1 N–H and O–H groups in total. The maximum atomic E-state index is 12.5. The molecule has 0 unspecified atom stereocenters. The summed E-state index contributed by atoms with van der Waals surface area (Å²) in [7, 11) is 0. The first kappa shape index (κ1) is 14.3. The van der Waals surface area contributed by atoms with Crippen LogP contribution in [0.1, 0.15) is 12.8 Å². The van der Waals surface area contributed by atoms with Crippen molar-refractivity contribution in [3.8, 4) is 5.69 Å². The summed E-state index contributed by atoms with van der Waals surface area (Å²) < 4.78 is 2.03. The van der Waals surface area contributed by atoms with Crippen molar-refractivity contribution >= 4 is 11.7 Å². The van der Waals surface area contributed by atoms with Crippen LogP contribution in [-0.2, 0) is 0 Å². The van der Waals surface area contributed by atoms with Crippen LogP contribution in [0.5, 0.6) is 0 Å². The van der Waals surface area contributed by atoms with E-state index in [1.807, 2.05) is 58.3 Å². The summed E-state index contributed by atoms with van der Waals surface area (Å²) >= 11 is 0. The van der Waals surface area contributed by atoms with Gasteiger partial charge in [-0.15, -0.1) is 0 Å². The lowest BCUT2D eigenvalue weighted by molar-refractivity contribution is 0.124. The molecule has 1 aromatic carbocycles. The number of benzene rings is 1. The molecule has 1 atom stereocenters. The Balaban J connectivity index is 1.43. The van der Waals surface area contributed by atoms with Crippen LogP contribution < -0.4 is 5.32 Å². The monoisotopic (exact) mass is 310 g/mol. The third-order valence-corrected chi connectivity index (χ3v) is 4.87. The number of rotatable bonds is 2. The molecule has 2 saturated heterocycles. The van der Waals surface area contributed by atoms with Gasteiger partial charge >= 0.3 is 6.03 Å². The Kier molecular flexibility index (Phi) is 3.79. The Hall–Kier alpha value is -2.27. The molecule has 0 spiro atoms. The summed E-state index contributed by atoms with van der Waals surface area (Å²) in [5.74, 6) is 0. The number of urea groups is 1. The first-order valence-corrected chi connectivity index (χ1v) is 8.33. The van der Waals surface area contributed by atoms with Gasteiger partial charge in [-0.25, -0.2) is 4.79 Å². The Morgan fingerprint density at radius 2 is 1.96 bits per heavy atom. The molecule has 120 valence electrons. The van der Waals surface area contributed by atoms with Crippen LogP contribution in [0.3, 0.4) is 0 Å². The molecular formula is C18H22N4O. The fourth-order valence-electron chi connectivity index (χ4n) is 3.63. The van der Waals surface area contributed by atoms with Crippen molar-refractivity contribution in [1.29, 1.82) is 0 Å². The van der Waals surface area contributed by atoms with E-state index in [0.29, 0.717) is 6.04 Å². The largest absolute Gasteiger partial charge is 0.324 e. The molecule has 5 nitrogen and oxygen atoms in total. The lowest BCUT2D eigenvalue weighted by Gasteiger charge is -2.37. The SMILES string of the molecule is O=C(Nc1cccc(-n2cccc2)c1)N1CCN2CCC[C@@H]2C1. The van der Waals surface area contributed by atoms with E-state index in [1.165, 1.54) is 19.4 Å². The number of aromatic nitrogens is 1. The number of hydrogen-bond donors (Lipinski definition) is 1. The van der Waals surface area contributed by atoms with E-state index < -0.39 is 0 Å². The quantitative estimate of drug-likeness (QED) is 0.926. The van der Waals surface area contributed by atoms with Crippen molar-refractivity contribution in [2.75, 3.05) is 31.5 Å². The summed E-state index contributed by atoms with van der Waals surface area (Å²) in [5.41, 5.74) is 1.89. The standard InChI is InChI=1S/C18H22N4O/c23-18(22-12-11-21-10-4-7-17(21)14-22)19-15-5-3-6-16(13-15)20-8-1-2-9-20/h1-3,5-6,8-9,13,17H,4,7,10-12,14H2,(H,19,23)/t17-/m1/s1. The molecule has 0 bridgehead atoms. The van der Waals surface area contributed by atoms with Gasteiger partial charge in [-0.3, -0.25) is 4.90 Å². The Morgan fingerprint density at radius 3 is 2.83 bits per heavy atom. The van der Waals surface area contributed by atoms with Gasteiger partial charge in [-0.1, -0.05) is 6.07 Å². The zero-order valence-electron chi connectivity index (χ0n) is 13.2. The number of amides is 2. The minimum absolute atomic E-state index is 0.0150. The van der Waals surface area contributed by atoms with Crippen LogP contribution in [0.15, 0.2) is 48.8 Å². The lowest BCUT2D eigenvalue weighted by Crippen LogP contribution is -2.53. The molecule has 1 aromatic heterocycles. The Morgan fingerprint density at radius 1 is 1.09 bits per heavy atom. The predicted octanol–water partition coefficient (Wildman–Crippen LogP) is 2.79. The number of nitrogens with one attached hydrogen (secondary N) is 1. The van der Waals surface area contributed by atoms with Gasteiger partial charge in [-0.2, -0.15) is 0 Å². The van der Waals surface area contributed by atoms with E-state index in [9.17, 15) is 4.79 Å². The molecule has 4 rings (SSSR count). The zero-order valence-corrected chi connectivity index (χ0v) is 13.2. The van der Waals surface area contributed by atoms with Gasteiger partial charge in [0.15, 0.2) is 0 Å². The summed E-state index contributed by atoms with van der Waals surface area (Å²) in [6.07, 6.45) is 6.48. The highest BCUT2D eigenvalue weighted by Crippen LogP contribution is 2.22. The van der Waals surface area contributed by atoms with Crippen LogP contribution in [0, 0.1) is 0 Å². The molecule has 0 aliphatic carbocycles. The fourth-order valence-corrected chi connectivity index (χ4v) is 3.63. The van der Waals surface area contributed by atoms with Crippen molar-refractivity contribution in [3.05, 3.63) is 48.8 Å². The highest BCUT2D eigenvalue weighted by atomic mass is 16.2. The molecule has 2 aliphatic rings. The second-order valence-electron chi connectivity index (χ2n) is 6.35. The third kappa shape index (κ3) is 2.97. The fraction of sp³-hybridized carbons (Fsp3) is 0.389. The van der Waals surface area contributed by atoms with Crippen LogP contribution in [0.2, 0.25) is 0 Å². The molecule has 5 heteroatoms. The van der Waals surface area contributed by atoms with Gasteiger partial charge in [0.1, 0.15) is 0 Å². The van der Waals surface area contributed by atoms with Crippen LogP contribution in [0.25, 0.3) is 5.69 Å². The normalized spacial score (nSPS) is 21.2. The topological polar surface area (TPSA) is 40.5 Å². The Bertz CT molecular complexity index is 682. The number of piperazine rings is 1. The summed E-state index contributed by atoms with van der Waals surface area (Å²) in [5, 5.41) is 3.05. The van der Waals surface area contributed by atoms with E-state index in [0.717, 1.165) is 31.0 Å². The van der Waals surface area contributed by atoms with Crippen molar-refractivity contribution in [2.24, 2.45) is 0 Å². The average molecular weight is 310 g/mol. The highest BCUT2D eigenvalue weighted by molar-refractivity contribution is 5.89. The summed E-state index contributed by atoms with van der Waals surface area (Å²) in [6.45, 7) is 3.86. The number of anilines is 1. The highest BCUT2D eigenvalue weighted by Gasteiger charge is 2.32.